The lowest BCUT2D eigenvalue weighted by atomic mass is 9.86. The van der Waals surface area contributed by atoms with Crippen LogP contribution >= 0.6 is 0 Å². The fourth-order valence-electron chi connectivity index (χ4n) is 3.17. The smallest absolute Gasteiger partial charge is 0.134 e. The van der Waals surface area contributed by atoms with Crippen LogP contribution in [-0.4, -0.2) is 12.6 Å². The van der Waals surface area contributed by atoms with Gasteiger partial charge in [-0.1, -0.05) is 44.5 Å². The molecule has 2 heteroatoms. The third-order valence-electron chi connectivity index (χ3n) is 4.21. The molecule has 0 amide bonds. The van der Waals surface area contributed by atoms with Gasteiger partial charge in [0, 0.05) is 12.5 Å². The first kappa shape index (κ1) is 15.5. The molecule has 1 N–H and O–H groups in total. The zero-order valence-corrected chi connectivity index (χ0v) is 13.1. The number of piperidine rings is 1. The summed E-state index contributed by atoms with van der Waals surface area (Å²) in [4.78, 5) is 0. The molecule has 0 aromatic heterocycles. The van der Waals surface area contributed by atoms with Gasteiger partial charge in [-0.25, -0.2) is 4.39 Å². The average molecular weight is 277 g/mol. The summed E-state index contributed by atoms with van der Waals surface area (Å²) < 4.78 is 15.1. The Labute approximate surface area is 123 Å². The van der Waals surface area contributed by atoms with E-state index in [0.717, 1.165) is 24.9 Å². The number of hydrogen-bond acceptors (Lipinski definition) is 1. The van der Waals surface area contributed by atoms with Crippen molar-refractivity contribution in [2.24, 2.45) is 5.92 Å². The lowest BCUT2D eigenvalue weighted by Crippen LogP contribution is -2.38. The molecule has 0 spiro atoms. The molecule has 1 nitrogen and oxygen atoms in total. The standard InChI is InChI=1S/C18H28FN/c1-14(2)11-15-7-6-8-16(12-15)18(3,19)13-17-9-4-5-10-20-17/h6-8,12,14,17,20H,4-5,9-11,13H2,1-3H3. The van der Waals surface area contributed by atoms with Gasteiger partial charge in [0.25, 0.3) is 0 Å². The Balaban J connectivity index is 2.07. The van der Waals surface area contributed by atoms with Gasteiger partial charge in [0.15, 0.2) is 0 Å². The van der Waals surface area contributed by atoms with Crippen molar-refractivity contribution in [3.63, 3.8) is 0 Å². The summed E-state index contributed by atoms with van der Waals surface area (Å²) >= 11 is 0. The van der Waals surface area contributed by atoms with Crippen molar-refractivity contribution < 1.29 is 4.39 Å². The Bertz CT molecular complexity index is 419. The lowest BCUT2D eigenvalue weighted by molar-refractivity contribution is 0.146. The van der Waals surface area contributed by atoms with Gasteiger partial charge in [0.1, 0.15) is 5.67 Å². The van der Waals surface area contributed by atoms with Gasteiger partial charge in [0.2, 0.25) is 0 Å². The van der Waals surface area contributed by atoms with E-state index in [-0.39, 0.29) is 0 Å². The first-order valence-corrected chi connectivity index (χ1v) is 7.99. The van der Waals surface area contributed by atoms with Crippen LogP contribution in [0.2, 0.25) is 0 Å². The quantitative estimate of drug-likeness (QED) is 0.829. The Morgan fingerprint density at radius 3 is 2.80 bits per heavy atom. The van der Waals surface area contributed by atoms with E-state index in [9.17, 15) is 0 Å². The normalized spacial score (nSPS) is 22.8. The largest absolute Gasteiger partial charge is 0.314 e. The SMILES string of the molecule is CC(C)Cc1cccc(C(C)(F)CC2CCCCN2)c1. The minimum Gasteiger partial charge on any atom is -0.314 e. The highest BCUT2D eigenvalue weighted by atomic mass is 19.1. The summed E-state index contributed by atoms with van der Waals surface area (Å²) in [6, 6.07) is 8.43. The molecule has 20 heavy (non-hydrogen) atoms. The van der Waals surface area contributed by atoms with Crippen LogP contribution in [0.5, 0.6) is 0 Å². The highest BCUT2D eigenvalue weighted by Crippen LogP contribution is 2.33. The van der Waals surface area contributed by atoms with Crippen LogP contribution in [0.3, 0.4) is 0 Å². The Hall–Kier alpha value is -0.890. The maximum atomic E-state index is 15.1. The molecule has 1 fully saturated rings. The molecule has 0 aliphatic carbocycles. The first-order valence-electron chi connectivity index (χ1n) is 7.99. The minimum absolute atomic E-state index is 0.326. The second kappa shape index (κ2) is 6.71. The zero-order valence-electron chi connectivity index (χ0n) is 13.1. The van der Waals surface area contributed by atoms with E-state index in [4.69, 9.17) is 0 Å². The van der Waals surface area contributed by atoms with E-state index in [0.29, 0.717) is 18.4 Å². The average Bonchev–Trinajstić information content (AvgIpc) is 2.39. The Morgan fingerprint density at radius 2 is 2.15 bits per heavy atom. The van der Waals surface area contributed by atoms with E-state index in [2.05, 4.69) is 31.3 Å². The molecule has 1 aromatic carbocycles. The minimum atomic E-state index is -1.23. The van der Waals surface area contributed by atoms with E-state index in [1.54, 1.807) is 6.92 Å². The van der Waals surface area contributed by atoms with Gasteiger partial charge in [0.05, 0.1) is 0 Å². The van der Waals surface area contributed by atoms with Crippen LogP contribution in [0, 0.1) is 5.92 Å². The number of rotatable bonds is 5. The number of hydrogen-bond donors (Lipinski definition) is 1. The predicted octanol–water partition coefficient (Wildman–Crippen LogP) is 4.60. The van der Waals surface area contributed by atoms with Crippen molar-refractivity contribution in [1.29, 1.82) is 0 Å². The topological polar surface area (TPSA) is 12.0 Å². The molecule has 1 aromatic rings. The van der Waals surface area contributed by atoms with Gasteiger partial charge in [-0.05, 0) is 49.8 Å². The Kier molecular flexibility index (Phi) is 5.20. The molecule has 2 rings (SSSR count). The summed E-state index contributed by atoms with van der Waals surface area (Å²) in [5.41, 5.74) is 0.850. The van der Waals surface area contributed by atoms with Crippen LogP contribution in [0.1, 0.15) is 57.6 Å². The van der Waals surface area contributed by atoms with Crippen molar-refractivity contribution in [1.82, 2.24) is 5.32 Å². The van der Waals surface area contributed by atoms with Crippen molar-refractivity contribution >= 4 is 0 Å². The van der Waals surface area contributed by atoms with Crippen molar-refractivity contribution in [3.05, 3.63) is 35.4 Å². The van der Waals surface area contributed by atoms with Crippen LogP contribution in [0.25, 0.3) is 0 Å². The van der Waals surface area contributed by atoms with Crippen molar-refractivity contribution in [2.75, 3.05) is 6.54 Å². The molecular formula is C18H28FN. The van der Waals surface area contributed by atoms with E-state index < -0.39 is 5.67 Å². The monoisotopic (exact) mass is 277 g/mol. The van der Waals surface area contributed by atoms with Gasteiger partial charge in [-0.15, -0.1) is 0 Å². The highest BCUT2D eigenvalue weighted by molar-refractivity contribution is 5.28. The molecule has 0 radical (unpaired) electrons. The maximum absolute atomic E-state index is 15.1. The highest BCUT2D eigenvalue weighted by Gasteiger charge is 2.30. The number of benzene rings is 1. The van der Waals surface area contributed by atoms with Crippen LogP contribution in [-0.2, 0) is 12.1 Å². The Morgan fingerprint density at radius 1 is 1.35 bits per heavy atom. The fourth-order valence-corrected chi connectivity index (χ4v) is 3.17. The second-order valence-electron chi connectivity index (χ2n) is 6.85. The van der Waals surface area contributed by atoms with Crippen LogP contribution in [0.4, 0.5) is 4.39 Å². The molecule has 112 valence electrons. The van der Waals surface area contributed by atoms with E-state index in [1.807, 2.05) is 12.1 Å². The third kappa shape index (κ3) is 4.31. The molecule has 1 aliphatic rings. The van der Waals surface area contributed by atoms with Crippen molar-refractivity contribution in [3.8, 4) is 0 Å². The molecule has 2 unspecified atom stereocenters. The predicted molar refractivity (Wildman–Crippen MR) is 83.7 cm³/mol. The van der Waals surface area contributed by atoms with Gasteiger partial charge >= 0.3 is 0 Å². The molecule has 0 bridgehead atoms. The molecule has 0 saturated carbocycles. The fraction of sp³-hybridized carbons (Fsp3) is 0.667. The maximum Gasteiger partial charge on any atom is 0.134 e. The summed E-state index contributed by atoms with van der Waals surface area (Å²) in [6.45, 7) is 7.17. The van der Waals surface area contributed by atoms with Crippen LogP contribution < -0.4 is 5.32 Å². The summed E-state index contributed by atoms with van der Waals surface area (Å²) in [6.07, 6.45) is 5.15. The van der Waals surface area contributed by atoms with E-state index in [1.165, 1.54) is 18.4 Å². The summed E-state index contributed by atoms with van der Waals surface area (Å²) in [5, 5.41) is 3.45. The van der Waals surface area contributed by atoms with E-state index >= 15 is 4.39 Å². The molecule has 1 saturated heterocycles. The first-order chi connectivity index (χ1) is 9.47. The van der Waals surface area contributed by atoms with Crippen molar-refractivity contribution in [2.45, 2.75) is 64.6 Å². The number of halogens is 1. The third-order valence-corrected chi connectivity index (χ3v) is 4.21. The molecular weight excluding hydrogens is 249 g/mol. The van der Waals surface area contributed by atoms with Gasteiger partial charge in [-0.3, -0.25) is 0 Å². The lowest BCUT2D eigenvalue weighted by Gasteiger charge is -2.30. The summed E-state index contributed by atoms with van der Waals surface area (Å²) in [5.74, 6) is 0.608. The number of nitrogens with one attached hydrogen (secondary N) is 1. The molecule has 1 aliphatic heterocycles. The zero-order chi connectivity index (χ0) is 14.6. The molecule has 1 heterocycles. The summed E-state index contributed by atoms with van der Waals surface area (Å²) in [7, 11) is 0. The number of alkyl halides is 1. The van der Waals surface area contributed by atoms with Crippen LogP contribution in [0.15, 0.2) is 24.3 Å². The molecule has 2 atom stereocenters. The van der Waals surface area contributed by atoms with Gasteiger partial charge in [-0.2, -0.15) is 0 Å². The second-order valence-corrected chi connectivity index (χ2v) is 6.85. The van der Waals surface area contributed by atoms with Gasteiger partial charge < -0.3 is 5.32 Å².